The highest BCUT2D eigenvalue weighted by atomic mass is 32.2. The van der Waals surface area contributed by atoms with E-state index in [1.807, 2.05) is 6.07 Å². The Bertz CT molecular complexity index is 299. The Kier molecular flexibility index (Phi) is 3.98. The van der Waals surface area contributed by atoms with Crippen LogP contribution in [0, 0.1) is 0 Å². The molecule has 2 N–H and O–H groups in total. The SMILES string of the molecule is CS[C@@H](C(=O)O)[C@@H](O)c1ccccc1. The fourth-order valence-corrected chi connectivity index (χ4v) is 1.81. The molecule has 0 radical (unpaired) electrons. The van der Waals surface area contributed by atoms with Gasteiger partial charge in [-0.2, -0.15) is 0 Å². The number of aliphatic carboxylic acids is 1. The summed E-state index contributed by atoms with van der Waals surface area (Å²) in [5, 5.41) is 17.8. The van der Waals surface area contributed by atoms with Crippen molar-refractivity contribution in [3.8, 4) is 0 Å². The van der Waals surface area contributed by atoms with Crippen molar-refractivity contribution in [3.63, 3.8) is 0 Å². The summed E-state index contributed by atoms with van der Waals surface area (Å²) in [5.41, 5.74) is 0.634. The Hall–Kier alpha value is -1.00. The van der Waals surface area contributed by atoms with E-state index in [1.54, 1.807) is 30.5 Å². The molecule has 4 heteroatoms. The molecule has 0 heterocycles. The van der Waals surface area contributed by atoms with Crippen molar-refractivity contribution in [1.82, 2.24) is 0 Å². The molecular formula is C10H12O3S. The van der Waals surface area contributed by atoms with E-state index in [2.05, 4.69) is 0 Å². The lowest BCUT2D eigenvalue weighted by molar-refractivity contribution is -0.138. The number of carboxylic acids is 1. The molecule has 76 valence electrons. The number of aliphatic hydroxyl groups excluding tert-OH is 1. The van der Waals surface area contributed by atoms with Crippen molar-refractivity contribution >= 4 is 17.7 Å². The largest absolute Gasteiger partial charge is 0.480 e. The van der Waals surface area contributed by atoms with Gasteiger partial charge in [-0.1, -0.05) is 30.3 Å². The lowest BCUT2D eigenvalue weighted by Crippen LogP contribution is -2.24. The third-order valence-corrected chi connectivity index (χ3v) is 2.89. The summed E-state index contributed by atoms with van der Waals surface area (Å²) in [5.74, 6) is -0.992. The number of carboxylic acid groups (broad SMARTS) is 1. The second-order valence-electron chi connectivity index (χ2n) is 2.85. The molecule has 0 spiro atoms. The van der Waals surface area contributed by atoms with Gasteiger partial charge in [-0.25, -0.2) is 0 Å². The summed E-state index contributed by atoms with van der Waals surface area (Å²) in [7, 11) is 0. The van der Waals surface area contributed by atoms with Gasteiger partial charge in [0, 0.05) is 0 Å². The highest BCUT2D eigenvalue weighted by Crippen LogP contribution is 2.24. The third kappa shape index (κ3) is 2.49. The van der Waals surface area contributed by atoms with Crippen LogP contribution >= 0.6 is 11.8 Å². The molecule has 0 fully saturated rings. The summed E-state index contributed by atoms with van der Waals surface area (Å²) in [6.45, 7) is 0. The smallest absolute Gasteiger partial charge is 0.319 e. The van der Waals surface area contributed by atoms with Crippen molar-refractivity contribution in [2.75, 3.05) is 6.26 Å². The first-order chi connectivity index (χ1) is 6.66. The van der Waals surface area contributed by atoms with Gasteiger partial charge < -0.3 is 10.2 Å². The molecule has 0 saturated heterocycles. The topological polar surface area (TPSA) is 57.5 Å². The fraction of sp³-hybridized carbons (Fsp3) is 0.300. The lowest BCUT2D eigenvalue weighted by atomic mass is 10.1. The van der Waals surface area contributed by atoms with Crippen LogP contribution in [0.2, 0.25) is 0 Å². The molecule has 2 atom stereocenters. The molecule has 0 aliphatic heterocycles. The summed E-state index contributed by atoms with van der Waals surface area (Å²) in [6.07, 6.45) is 0.717. The maximum Gasteiger partial charge on any atom is 0.319 e. The van der Waals surface area contributed by atoms with E-state index in [1.165, 1.54) is 0 Å². The van der Waals surface area contributed by atoms with Crippen LogP contribution < -0.4 is 0 Å². The van der Waals surface area contributed by atoms with Crippen LogP contribution in [0.5, 0.6) is 0 Å². The monoisotopic (exact) mass is 212 g/mol. The number of benzene rings is 1. The second-order valence-corrected chi connectivity index (χ2v) is 3.83. The predicted molar refractivity (Wildman–Crippen MR) is 56.3 cm³/mol. The van der Waals surface area contributed by atoms with Crippen molar-refractivity contribution in [3.05, 3.63) is 35.9 Å². The molecule has 0 saturated carbocycles. The van der Waals surface area contributed by atoms with Crippen LogP contribution in [-0.4, -0.2) is 27.7 Å². The highest BCUT2D eigenvalue weighted by Gasteiger charge is 2.26. The third-order valence-electron chi connectivity index (χ3n) is 1.93. The van der Waals surface area contributed by atoms with Crippen molar-refractivity contribution < 1.29 is 15.0 Å². The molecule has 0 aliphatic carbocycles. The quantitative estimate of drug-likeness (QED) is 0.794. The van der Waals surface area contributed by atoms with Gasteiger partial charge >= 0.3 is 5.97 Å². The number of hydrogen-bond donors (Lipinski definition) is 2. The Morgan fingerprint density at radius 2 is 1.93 bits per heavy atom. The predicted octanol–water partition coefficient (Wildman–Crippen LogP) is 1.54. The molecule has 3 nitrogen and oxygen atoms in total. The Morgan fingerprint density at radius 1 is 1.36 bits per heavy atom. The molecular weight excluding hydrogens is 200 g/mol. The van der Waals surface area contributed by atoms with Crippen LogP contribution in [0.25, 0.3) is 0 Å². The van der Waals surface area contributed by atoms with Crippen LogP contribution in [0.1, 0.15) is 11.7 Å². The van der Waals surface area contributed by atoms with Crippen LogP contribution in [-0.2, 0) is 4.79 Å². The van der Waals surface area contributed by atoms with Gasteiger partial charge in [0.2, 0.25) is 0 Å². The zero-order valence-corrected chi connectivity index (χ0v) is 8.57. The molecule has 14 heavy (non-hydrogen) atoms. The Morgan fingerprint density at radius 3 is 2.36 bits per heavy atom. The molecule has 0 aromatic heterocycles. The van der Waals surface area contributed by atoms with Crippen LogP contribution in [0.4, 0.5) is 0 Å². The van der Waals surface area contributed by atoms with Gasteiger partial charge in [-0.3, -0.25) is 4.79 Å². The Balaban J connectivity index is 2.83. The van der Waals surface area contributed by atoms with Crippen LogP contribution in [0.3, 0.4) is 0 Å². The first-order valence-corrected chi connectivity index (χ1v) is 5.44. The minimum Gasteiger partial charge on any atom is -0.480 e. The summed E-state index contributed by atoms with van der Waals surface area (Å²) in [4.78, 5) is 10.8. The zero-order chi connectivity index (χ0) is 10.6. The highest BCUT2D eigenvalue weighted by molar-refractivity contribution is 7.99. The minimum atomic E-state index is -0.992. The fourth-order valence-electron chi connectivity index (χ4n) is 1.19. The average Bonchev–Trinajstić information content (AvgIpc) is 2.19. The number of rotatable bonds is 4. The first-order valence-electron chi connectivity index (χ1n) is 4.15. The average molecular weight is 212 g/mol. The maximum absolute atomic E-state index is 10.8. The van der Waals surface area contributed by atoms with E-state index in [9.17, 15) is 9.90 Å². The summed E-state index contributed by atoms with van der Waals surface area (Å²) in [6, 6.07) is 8.81. The number of aliphatic hydroxyl groups is 1. The molecule has 1 rings (SSSR count). The summed E-state index contributed by atoms with van der Waals surface area (Å²) < 4.78 is 0. The van der Waals surface area contributed by atoms with E-state index < -0.39 is 17.3 Å². The van der Waals surface area contributed by atoms with Gasteiger partial charge in [-0.15, -0.1) is 11.8 Å². The van der Waals surface area contributed by atoms with E-state index in [-0.39, 0.29) is 0 Å². The zero-order valence-electron chi connectivity index (χ0n) is 7.75. The Labute approximate surface area is 86.8 Å². The van der Waals surface area contributed by atoms with Gasteiger partial charge in [-0.05, 0) is 11.8 Å². The van der Waals surface area contributed by atoms with E-state index in [0.717, 1.165) is 11.8 Å². The molecule has 0 aliphatic rings. The van der Waals surface area contributed by atoms with E-state index in [4.69, 9.17) is 5.11 Å². The van der Waals surface area contributed by atoms with Gasteiger partial charge in [0.25, 0.3) is 0 Å². The van der Waals surface area contributed by atoms with Crippen molar-refractivity contribution in [2.45, 2.75) is 11.4 Å². The number of hydrogen-bond acceptors (Lipinski definition) is 3. The standard InChI is InChI=1S/C10H12O3S/c1-14-9(10(12)13)8(11)7-5-3-2-4-6-7/h2-6,8-9,11H,1H3,(H,12,13)/t8-,9+/m0/s1. The second kappa shape index (κ2) is 5.02. The van der Waals surface area contributed by atoms with Crippen molar-refractivity contribution in [1.29, 1.82) is 0 Å². The molecule has 0 unspecified atom stereocenters. The first kappa shape index (κ1) is 11.1. The van der Waals surface area contributed by atoms with Gasteiger partial charge in [0.05, 0.1) is 0 Å². The van der Waals surface area contributed by atoms with Crippen molar-refractivity contribution in [2.24, 2.45) is 0 Å². The molecule has 0 amide bonds. The van der Waals surface area contributed by atoms with E-state index in [0.29, 0.717) is 5.56 Å². The minimum absolute atomic E-state index is 0.634. The van der Waals surface area contributed by atoms with Crippen LogP contribution in [0.15, 0.2) is 30.3 Å². The molecule has 1 aromatic carbocycles. The van der Waals surface area contributed by atoms with Gasteiger partial charge in [0.15, 0.2) is 0 Å². The number of thioether (sulfide) groups is 1. The maximum atomic E-state index is 10.8. The molecule has 1 aromatic rings. The van der Waals surface area contributed by atoms with E-state index >= 15 is 0 Å². The number of carbonyl (C=O) groups is 1. The molecule has 0 bridgehead atoms. The normalized spacial score (nSPS) is 14.7. The van der Waals surface area contributed by atoms with Gasteiger partial charge in [0.1, 0.15) is 11.4 Å². The summed E-state index contributed by atoms with van der Waals surface area (Å²) >= 11 is 1.13. The lowest BCUT2D eigenvalue weighted by Gasteiger charge is -2.16.